The van der Waals surface area contributed by atoms with E-state index in [1.165, 1.54) is 19.0 Å². The summed E-state index contributed by atoms with van der Waals surface area (Å²) in [6.07, 6.45) is 0.565. The zero-order valence-electron chi connectivity index (χ0n) is 7.40. The molecule has 6 heteroatoms. The van der Waals surface area contributed by atoms with Gasteiger partial charge in [-0.05, 0) is 0 Å². The number of ether oxygens (including phenoxy) is 1. The first-order valence-electron chi connectivity index (χ1n) is 3.35. The van der Waals surface area contributed by atoms with E-state index in [1.807, 2.05) is 0 Å². The van der Waals surface area contributed by atoms with Gasteiger partial charge in [0.1, 0.15) is 6.61 Å². The average molecular weight is 195 g/mol. The maximum Gasteiger partial charge on any atom is 0.409 e. The lowest BCUT2D eigenvalue weighted by molar-refractivity contribution is 0.124. The molecular weight excluding hydrogens is 182 g/mol. The summed E-state index contributed by atoms with van der Waals surface area (Å²) < 4.78 is 25.7. The third-order valence-corrected chi connectivity index (χ3v) is 1.95. The van der Waals surface area contributed by atoms with Gasteiger partial charge in [-0.1, -0.05) is 0 Å². The zero-order valence-corrected chi connectivity index (χ0v) is 8.22. The van der Waals surface area contributed by atoms with Crippen LogP contribution in [0.25, 0.3) is 0 Å². The molecule has 0 unspecified atom stereocenters. The molecule has 0 spiro atoms. The highest BCUT2D eigenvalue weighted by Crippen LogP contribution is 1.88. The molecule has 0 aliphatic heterocycles. The molecule has 0 aromatic rings. The van der Waals surface area contributed by atoms with Crippen molar-refractivity contribution in [3.05, 3.63) is 0 Å². The molecule has 0 aromatic heterocycles. The predicted molar refractivity (Wildman–Crippen MR) is 44.7 cm³/mol. The van der Waals surface area contributed by atoms with Gasteiger partial charge in [-0.15, -0.1) is 0 Å². The van der Waals surface area contributed by atoms with Crippen LogP contribution in [0.2, 0.25) is 0 Å². The number of rotatable bonds is 3. The zero-order chi connectivity index (χ0) is 9.78. The van der Waals surface area contributed by atoms with Crippen molar-refractivity contribution in [2.24, 2.45) is 0 Å². The number of nitrogens with zero attached hydrogens (tertiary/aromatic N) is 1. The molecule has 0 aliphatic carbocycles. The summed E-state index contributed by atoms with van der Waals surface area (Å²) >= 11 is 0. The van der Waals surface area contributed by atoms with Crippen molar-refractivity contribution in [1.29, 1.82) is 0 Å². The van der Waals surface area contributed by atoms with E-state index in [4.69, 9.17) is 0 Å². The van der Waals surface area contributed by atoms with E-state index >= 15 is 0 Å². The van der Waals surface area contributed by atoms with Crippen LogP contribution >= 0.6 is 0 Å². The van der Waals surface area contributed by atoms with Crippen LogP contribution in [0, 0.1) is 0 Å². The summed E-state index contributed by atoms with van der Waals surface area (Å²) in [5.74, 6) is -0.132. The van der Waals surface area contributed by atoms with E-state index in [0.29, 0.717) is 0 Å². The molecule has 0 radical (unpaired) electrons. The highest BCUT2D eigenvalue weighted by Gasteiger charge is 2.07. The van der Waals surface area contributed by atoms with Crippen LogP contribution in [0.15, 0.2) is 0 Å². The molecule has 0 atom stereocenters. The Hall–Kier alpha value is -0.780. The molecule has 0 saturated carbocycles. The van der Waals surface area contributed by atoms with Crippen LogP contribution < -0.4 is 0 Å². The molecule has 1 amide bonds. The van der Waals surface area contributed by atoms with Crippen molar-refractivity contribution in [1.82, 2.24) is 4.90 Å². The quantitative estimate of drug-likeness (QED) is 0.622. The fourth-order valence-corrected chi connectivity index (χ4v) is 0.796. The Bertz CT molecular complexity index is 244. The van der Waals surface area contributed by atoms with Crippen molar-refractivity contribution in [2.45, 2.75) is 0 Å². The molecule has 72 valence electrons. The van der Waals surface area contributed by atoms with E-state index in [1.54, 1.807) is 0 Å². The number of carbonyl (C=O) groups excluding carboxylic acids is 1. The van der Waals surface area contributed by atoms with Crippen LogP contribution in [0.4, 0.5) is 4.79 Å². The monoisotopic (exact) mass is 195 g/mol. The molecule has 0 heterocycles. The lowest BCUT2D eigenvalue weighted by Gasteiger charge is -2.09. The number of hydrogen-bond acceptors (Lipinski definition) is 4. The van der Waals surface area contributed by atoms with Crippen molar-refractivity contribution in [3.63, 3.8) is 0 Å². The highest BCUT2D eigenvalue weighted by atomic mass is 32.2. The molecule has 0 N–H and O–H groups in total. The number of hydrogen-bond donors (Lipinski definition) is 0. The van der Waals surface area contributed by atoms with Gasteiger partial charge in [0.25, 0.3) is 0 Å². The summed E-state index contributed by atoms with van der Waals surface area (Å²) in [5, 5.41) is 0. The van der Waals surface area contributed by atoms with Crippen LogP contribution in [0.3, 0.4) is 0 Å². The lowest BCUT2D eigenvalue weighted by Crippen LogP contribution is -2.25. The maximum atomic E-state index is 10.7. The first-order chi connectivity index (χ1) is 5.33. The summed E-state index contributed by atoms with van der Waals surface area (Å²) in [6.45, 7) is -0.0875. The van der Waals surface area contributed by atoms with Gasteiger partial charge >= 0.3 is 6.09 Å². The lowest BCUT2D eigenvalue weighted by atomic mass is 10.8. The standard InChI is InChI=1S/C6H13NO4S/c1-7(2)6(8)11-4-5-12(3,9)10/h4-5H2,1-3H3. The summed E-state index contributed by atoms with van der Waals surface area (Å²) in [4.78, 5) is 12.0. The molecule has 5 nitrogen and oxygen atoms in total. The van der Waals surface area contributed by atoms with E-state index in [2.05, 4.69) is 4.74 Å². The molecule has 0 rings (SSSR count). The molecule has 0 bridgehead atoms. The van der Waals surface area contributed by atoms with E-state index in [0.717, 1.165) is 6.26 Å². The van der Waals surface area contributed by atoms with Crippen LogP contribution in [0.5, 0.6) is 0 Å². The van der Waals surface area contributed by atoms with Crippen LogP contribution in [-0.4, -0.2) is 52.1 Å². The highest BCUT2D eigenvalue weighted by molar-refractivity contribution is 7.90. The Morgan fingerprint density at radius 1 is 1.42 bits per heavy atom. The van der Waals surface area contributed by atoms with Gasteiger partial charge in [0.2, 0.25) is 0 Å². The fraction of sp³-hybridized carbons (Fsp3) is 0.833. The van der Waals surface area contributed by atoms with E-state index in [9.17, 15) is 13.2 Å². The fourth-order valence-electron chi connectivity index (χ4n) is 0.409. The van der Waals surface area contributed by atoms with Gasteiger partial charge in [-0.3, -0.25) is 0 Å². The van der Waals surface area contributed by atoms with Gasteiger partial charge in [-0.2, -0.15) is 0 Å². The largest absolute Gasteiger partial charge is 0.448 e. The normalized spacial score (nSPS) is 10.9. The topological polar surface area (TPSA) is 63.7 Å². The second-order valence-corrected chi connectivity index (χ2v) is 4.90. The first-order valence-corrected chi connectivity index (χ1v) is 5.41. The molecule has 0 fully saturated rings. The third kappa shape index (κ3) is 5.96. The maximum absolute atomic E-state index is 10.7. The third-order valence-electron chi connectivity index (χ3n) is 1.04. The number of carbonyl (C=O) groups is 1. The minimum atomic E-state index is -3.04. The summed E-state index contributed by atoms with van der Waals surface area (Å²) in [7, 11) is 0.0198. The summed E-state index contributed by atoms with van der Waals surface area (Å²) in [5.41, 5.74) is 0. The SMILES string of the molecule is CN(C)C(=O)OCCS(C)(=O)=O. The molecule has 12 heavy (non-hydrogen) atoms. The molecule has 0 saturated heterocycles. The Balaban J connectivity index is 3.66. The van der Waals surface area contributed by atoms with Gasteiger partial charge < -0.3 is 9.64 Å². The second kappa shape index (κ2) is 4.30. The van der Waals surface area contributed by atoms with Crippen LogP contribution in [-0.2, 0) is 14.6 Å². The Kier molecular flexibility index (Phi) is 4.02. The van der Waals surface area contributed by atoms with Gasteiger partial charge in [0.15, 0.2) is 9.84 Å². The van der Waals surface area contributed by atoms with Crippen molar-refractivity contribution in [2.75, 3.05) is 32.7 Å². The van der Waals surface area contributed by atoms with Crippen molar-refractivity contribution >= 4 is 15.9 Å². The summed E-state index contributed by atoms with van der Waals surface area (Å²) in [6, 6.07) is 0. The minimum Gasteiger partial charge on any atom is -0.448 e. The van der Waals surface area contributed by atoms with Crippen molar-refractivity contribution in [3.8, 4) is 0 Å². The predicted octanol–water partition coefficient (Wildman–Crippen LogP) is -0.271. The Morgan fingerprint density at radius 2 is 1.92 bits per heavy atom. The molecule has 0 aliphatic rings. The van der Waals surface area contributed by atoms with Gasteiger partial charge in [0.05, 0.1) is 5.75 Å². The number of amides is 1. The van der Waals surface area contributed by atoms with Crippen molar-refractivity contribution < 1.29 is 17.9 Å². The Morgan fingerprint density at radius 3 is 2.25 bits per heavy atom. The first kappa shape index (κ1) is 11.2. The van der Waals surface area contributed by atoms with Crippen LogP contribution in [0.1, 0.15) is 0 Å². The Labute approximate surface area is 72.2 Å². The van der Waals surface area contributed by atoms with Gasteiger partial charge in [-0.25, -0.2) is 13.2 Å². The smallest absolute Gasteiger partial charge is 0.409 e. The van der Waals surface area contributed by atoms with Gasteiger partial charge in [0, 0.05) is 20.4 Å². The number of sulfone groups is 1. The minimum absolute atomic E-state index is 0.0875. The second-order valence-electron chi connectivity index (χ2n) is 2.64. The average Bonchev–Trinajstić information content (AvgIpc) is 1.84. The van der Waals surface area contributed by atoms with E-state index < -0.39 is 15.9 Å². The van der Waals surface area contributed by atoms with E-state index in [-0.39, 0.29) is 12.4 Å². The molecule has 0 aromatic carbocycles. The molecular formula is C6H13NO4S.